The van der Waals surface area contributed by atoms with Crippen LogP contribution in [-0.4, -0.2) is 29.8 Å². The zero-order valence-corrected chi connectivity index (χ0v) is 12.1. The minimum Gasteiger partial charge on any atom is -0.454 e. The molecule has 0 amide bonds. The van der Waals surface area contributed by atoms with Crippen LogP contribution in [0, 0.1) is 6.92 Å². The van der Waals surface area contributed by atoms with E-state index in [-0.39, 0.29) is 6.04 Å². The number of benzene rings is 1. The maximum atomic E-state index is 5.40. The fourth-order valence-electron chi connectivity index (χ4n) is 1.97. The summed E-state index contributed by atoms with van der Waals surface area (Å²) in [5.74, 6) is 2.96. The summed E-state index contributed by atoms with van der Waals surface area (Å²) in [7, 11) is 1.93. The quantitative estimate of drug-likeness (QED) is 0.847. The molecule has 6 nitrogen and oxygen atoms in total. The van der Waals surface area contributed by atoms with Crippen molar-refractivity contribution in [2.24, 2.45) is 0 Å². The van der Waals surface area contributed by atoms with Gasteiger partial charge in [-0.25, -0.2) is 0 Å². The molecule has 1 aliphatic rings. The van der Waals surface area contributed by atoms with Gasteiger partial charge in [0.1, 0.15) is 0 Å². The van der Waals surface area contributed by atoms with Crippen LogP contribution in [0.1, 0.15) is 17.5 Å². The molecular formula is C13H15N3O3S. The van der Waals surface area contributed by atoms with Crippen molar-refractivity contribution in [2.45, 2.75) is 18.2 Å². The summed E-state index contributed by atoms with van der Waals surface area (Å²) in [6.45, 7) is 2.07. The van der Waals surface area contributed by atoms with E-state index >= 15 is 0 Å². The molecule has 1 aromatic carbocycles. The van der Waals surface area contributed by atoms with Crippen molar-refractivity contribution >= 4 is 11.8 Å². The number of hydrogen-bond acceptors (Lipinski definition) is 7. The van der Waals surface area contributed by atoms with Gasteiger partial charge in [0, 0.05) is 18.7 Å². The Morgan fingerprint density at radius 1 is 1.30 bits per heavy atom. The van der Waals surface area contributed by atoms with Gasteiger partial charge in [0.2, 0.25) is 12.7 Å². The van der Waals surface area contributed by atoms with Crippen molar-refractivity contribution in [1.82, 2.24) is 15.5 Å². The van der Waals surface area contributed by atoms with Gasteiger partial charge < -0.3 is 19.2 Å². The van der Waals surface area contributed by atoms with Gasteiger partial charge in [-0.3, -0.25) is 0 Å². The van der Waals surface area contributed by atoms with Crippen molar-refractivity contribution in [3.05, 3.63) is 29.7 Å². The van der Waals surface area contributed by atoms with Gasteiger partial charge in [-0.15, -0.1) is 10.2 Å². The van der Waals surface area contributed by atoms with Gasteiger partial charge in [-0.1, -0.05) is 17.8 Å². The van der Waals surface area contributed by atoms with E-state index in [2.05, 4.69) is 15.5 Å². The summed E-state index contributed by atoms with van der Waals surface area (Å²) in [4.78, 5) is 0. The standard InChI is InChI=1S/C13H15N3O3S/c1-8-15-16-13(19-8)20-6-10(14-2)9-3-4-11-12(5-9)18-7-17-11/h3-5,10,14H,6-7H2,1-2H3. The summed E-state index contributed by atoms with van der Waals surface area (Å²) in [6.07, 6.45) is 0. The lowest BCUT2D eigenvalue weighted by Crippen LogP contribution is -2.18. The number of aryl methyl sites for hydroxylation is 1. The first-order valence-corrected chi connectivity index (χ1v) is 7.24. The van der Waals surface area contributed by atoms with Crippen molar-refractivity contribution in [3.8, 4) is 11.5 Å². The molecule has 1 atom stereocenters. The van der Waals surface area contributed by atoms with Crippen LogP contribution in [0.4, 0.5) is 0 Å². The Morgan fingerprint density at radius 3 is 2.90 bits per heavy atom. The lowest BCUT2D eigenvalue weighted by Gasteiger charge is -2.15. The van der Waals surface area contributed by atoms with Crippen molar-refractivity contribution < 1.29 is 13.9 Å². The van der Waals surface area contributed by atoms with E-state index in [0.29, 0.717) is 17.9 Å². The third-order valence-electron chi connectivity index (χ3n) is 3.03. The van der Waals surface area contributed by atoms with Crippen LogP contribution in [0.2, 0.25) is 0 Å². The van der Waals surface area contributed by atoms with Crippen LogP contribution < -0.4 is 14.8 Å². The maximum absolute atomic E-state index is 5.40. The van der Waals surface area contributed by atoms with Crippen LogP contribution in [0.5, 0.6) is 11.5 Å². The Balaban J connectivity index is 1.69. The first-order chi connectivity index (χ1) is 9.76. The Bertz CT molecular complexity index is 602. The molecule has 2 heterocycles. The zero-order valence-electron chi connectivity index (χ0n) is 11.3. The zero-order chi connectivity index (χ0) is 13.9. The number of nitrogens with one attached hydrogen (secondary N) is 1. The predicted molar refractivity (Wildman–Crippen MR) is 74.1 cm³/mol. The van der Waals surface area contributed by atoms with E-state index in [0.717, 1.165) is 22.8 Å². The summed E-state index contributed by atoms with van der Waals surface area (Å²) in [5, 5.41) is 11.7. The molecule has 0 saturated heterocycles. The molecule has 0 saturated carbocycles. The van der Waals surface area contributed by atoms with Gasteiger partial charge in [-0.2, -0.15) is 0 Å². The Hall–Kier alpha value is -1.73. The molecule has 1 N–H and O–H groups in total. The van der Waals surface area contributed by atoms with Gasteiger partial charge in [0.15, 0.2) is 11.5 Å². The minimum absolute atomic E-state index is 0.168. The van der Waals surface area contributed by atoms with Gasteiger partial charge in [0.25, 0.3) is 5.22 Å². The van der Waals surface area contributed by atoms with Gasteiger partial charge in [-0.05, 0) is 24.7 Å². The maximum Gasteiger partial charge on any atom is 0.276 e. The molecule has 20 heavy (non-hydrogen) atoms. The van der Waals surface area contributed by atoms with Crippen LogP contribution in [0.3, 0.4) is 0 Å². The molecule has 1 unspecified atom stereocenters. The van der Waals surface area contributed by atoms with Gasteiger partial charge >= 0.3 is 0 Å². The summed E-state index contributed by atoms with van der Waals surface area (Å²) >= 11 is 1.53. The molecular weight excluding hydrogens is 278 g/mol. The average Bonchev–Trinajstić information content (AvgIpc) is 3.07. The topological polar surface area (TPSA) is 69.4 Å². The predicted octanol–water partition coefficient (Wildman–Crippen LogP) is 2.16. The Morgan fingerprint density at radius 2 is 2.15 bits per heavy atom. The highest BCUT2D eigenvalue weighted by Crippen LogP contribution is 2.35. The van der Waals surface area contributed by atoms with Crippen LogP contribution in [0.15, 0.2) is 27.8 Å². The highest BCUT2D eigenvalue weighted by molar-refractivity contribution is 7.99. The van der Waals surface area contributed by atoms with E-state index in [9.17, 15) is 0 Å². The molecule has 1 aliphatic heterocycles. The highest BCUT2D eigenvalue weighted by atomic mass is 32.2. The molecule has 0 aliphatic carbocycles. The number of aromatic nitrogens is 2. The second-order valence-corrected chi connectivity index (χ2v) is 5.32. The number of nitrogens with zero attached hydrogens (tertiary/aromatic N) is 2. The molecule has 106 valence electrons. The highest BCUT2D eigenvalue weighted by Gasteiger charge is 2.18. The largest absolute Gasteiger partial charge is 0.454 e. The molecule has 0 spiro atoms. The van der Waals surface area contributed by atoms with Crippen molar-refractivity contribution in [1.29, 1.82) is 0 Å². The van der Waals surface area contributed by atoms with E-state index < -0.39 is 0 Å². The molecule has 0 bridgehead atoms. The fourth-order valence-corrected chi connectivity index (χ4v) is 2.91. The average molecular weight is 293 g/mol. The SMILES string of the molecule is CNC(CSc1nnc(C)o1)c1ccc2c(c1)OCO2. The lowest BCUT2D eigenvalue weighted by atomic mass is 10.1. The first-order valence-electron chi connectivity index (χ1n) is 6.26. The van der Waals surface area contributed by atoms with Crippen LogP contribution >= 0.6 is 11.8 Å². The smallest absolute Gasteiger partial charge is 0.276 e. The number of rotatable bonds is 5. The lowest BCUT2D eigenvalue weighted by molar-refractivity contribution is 0.174. The molecule has 0 fully saturated rings. The monoisotopic (exact) mass is 293 g/mol. The Labute approximate surface area is 120 Å². The molecule has 2 aromatic rings. The van der Waals surface area contributed by atoms with Crippen LogP contribution in [0.25, 0.3) is 0 Å². The first kappa shape index (κ1) is 13.3. The third kappa shape index (κ3) is 2.73. The summed E-state index contributed by atoms with van der Waals surface area (Å²) in [6, 6.07) is 6.14. The minimum atomic E-state index is 0.168. The van der Waals surface area contributed by atoms with E-state index in [1.165, 1.54) is 11.8 Å². The normalized spacial score (nSPS) is 14.5. The third-order valence-corrected chi connectivity index (χ3v) is 3.94. The van der Waals surface area contributed by atoms with Gasteiger partial charge in [0.05, 0.1) is 0 Å². The number of thioether (sulfide) groups is 1. The van der Waals surface area contributed by atoms with E-state index in [4.69, 9.17) is 13.9 Å². The molecule has 7 heteroatoms. The number of fused-ring (bicyclic) bond motifs is 1. The molecule has 0 radical (unpaired) electrons. The fraction of sp³-hybridized carbons (Fsp3) is 0.385. The second-order valence-electron chi connectivity index (χ2n) is 4.35. The van der Waals surface area contributed by atoms with Crippen LogP contribution in [-0.2, 0) is 0 Å². The molecule has 3 rings (SSSR count). The van der Waals surface area contributed by atoms with Crippen molar-refractivity contribution in [2.75, 3.05) is 19.6 Å². The number of hydrogen-bond donors (Lipinski definition) is 1. The summed E-state index contributed by atoms with van der Waals surface area (Å²) < 4.78 is 16.1. The molecule has 1 aromatic heterocycles. The van der Waals surface area contributed by atoms with E-state index in [1.54, 1.807) is 6.92 Å². The summed E-state index contributed by atoms with van der Waals surface area (Å²) in [5.41, 5.74) is 1.14. The van der Waals surface area contributed by atoms with E-state index in [1.807, 2.05) is 25.2 Å². The van der Waals surface area contributed by atoms with Crippen molar-refractivity contribution in [3.63, 3.8) is 0 Å². The Kier molecular flexibility index (Phi) is 3.79. The second kappa shape index (κ2) is 5.72. The number of ether oxygens (including phenoxy) is 2.